The molecule has 0 radical (unpaired) electrons. The van der Waals surface area contributed by atoms with Crippen LogP contribution in [0.3, 0.4) is 0 Å². The summed E-state index contributed by atoms with van der Waals surface area (Å²) >= 11 is 0. The maximum atomic E-state index is 12.5. The Balaban J connectivity index is 1.87. The fraction of sp³-hybridized carbons (Fsp3) is 0.556. The number of pyridine rings is 1. The molecule has 1 aromatic heterocycles. The first-order chi connectivity index (χ1) is 13.0. The molecule has 27 heavy (non-hydrogen) atoms. The molecule has 0 aliphatic carbocycles. The number of hydrogen-bond donors (Lipinski definition) is 2. The molecule has 9 nitrogen and oxygen atoms in total. The lowest BCUT2D eigenvalue weighted by molar-refractivity contribution is 0.0859. The van der Waals surface area contributed by atoms with Gasteiger partial charge in [0.1, 0.15) is 0 Å². The van der Waals surface area contributed by atoms with Gasteiger partial charge >= 0.3 is 6.09 Å². The Labute approximate surface area is 158 Å². The standard InChI is InChI=1S/C18H26N4O5/c1-3-27-18(25)22-7-4-15(5-8-22)21-17(24)14-10-13(11-19-12-14)16(23)20-6-9-26-2/h10-12,15H,3-9H2,1-2H3,(H,20,23)(H,21,24). The number of rotatable bonds is 7. The van der Waals surface area contributed by atoms with Crippen molar-refractivity contribution in [3.8, 4) is 0 Å². The molecule has 9 heteroatoms. The molecule has 0 bridgehead atoms. The molecule has 2 rings (SSSR count). The Morgan fingerprint density at radius 3 is 2.48 bits per heavy atom. The Bertz CT molecular complexity index is 659. The predicted octanol–water partition coefficient (Wildman–Crippen LogP) is 0.809. The Hall–Kier alpha value is -2.68. The van der Waals surface area contributed by atoms with Crippen molar-refractivity contribution >= 4 is 17.9 Å². The molecule has 0 atom stereocenters. The fourth-order valence-corrected chi connectivity index (χ4v) is 2.75. The van der Waals surface area contributed by atoms with Gasteiger partial charge in [0, 0.05) is 45.2 Å². The predicted molar refractivity (Wildman–Crippen MR) is 97.5 cm³/mol. The number of piperidine rings is 1. The van der Waals surface area contributed by atoms with Crippen LogP contribution in [0.1, 0.15) is 40.5 Å². The second-order valence-corrected chi connectivity index (χ2v) is 6.14. The summed E-state index contributed by atoms with van der Waals surface area (Å²) in [5.41, 5.74) is 0.637. The van der Waals surface area contributed by atoms with Gasteiger partial charge in [-0.1, -0.05) is 0 Å². The fourth-order valence-electron chi connectivity index (χ4n) is 2.75. The lowest BCUT2D eigenvalue weighted by Gasteiger charge is -2.31. The number of aromatic nitrogens is 1. The smallest absolute Gasteiger partial charge is 0.409 e. The second-order valence-electron chi connectivity index (χ2n) is 6.14. The summed E-state index contributed by atoms with van der Waals surface area (Å²) in [6.07, 6.45) is 3.81. The van der Waals surface area contributed by atoms with Gasteiger partial charge in [-0.15, -0.1) is 0 Å². The number of ether oxygens (including phenoxy) is 2. The van der Waals surface area contributed by atoms with Crippen molar-refractivity contribution in [2.45, 2.75) is 25.8 Å². The Morgan fingerprint density at radius 2 is 1.85 bits per heavy atom. The van der Waals surface area contributed by atoms with Gasteiger partial charge in [0.15, 0.2) is 0 Å². The van der Waals surface area contributed by atoms with E-state index in [2.05, 4.69) is 15.6 Å². The van der Waals surface area contributed by atoms with E-state index in [1.807, 2.05) is 0 Å². The van der Waals surface area contributed by atoms with E-state index in [9.17, 15) is 14.4 Å². The molecule has 2 heterocycles. The molecule has 0 saturated carbocycles. The van der Waals surface area contributed by atoms with Crippen LogP contribution in [-0.2, 0) is 9.47 Å². The van der Waals surface area contributed by atoms with Crippen LogP contribution in [0.15, 0.2) is 18.5 Å². The average molecular weight is 378 g/mol. The normalized spacial score (nSPS) is 14.5. The minimum atomic E-state index is -0.321. The number of nitrogens with one attached hydrogen (secondary N) is 2. The highest BCUT2D eigenvalue weighted by Crippen LogP contribution is 2.13. The molecule has 1 aliphatic rings. The molecule has 1 aromatic rings. The van der Waals surface area contributed by atoms with Crippen molar-refractivity contribution in [2.24, 2.45) is 0 Å². The van der Waals surface area contributed by atoms with Crippen molar-refractivity contribution < 1.29 is 23.9 Å². The molecule has 0 spiro atoms. The van der Waals surface area contributed by atoms with Gasteiger partial charge in [0.05, 0.1) is 24.3 Å². The first-order valence-corrected chi connectivity index (χ1v) is 9.00. The van der Waals surface area contributed by atoms with Gasteiger partial charge in [-0.3, -0.25) is 14.6 Å². The lowest BCUT2D eigenvalue weighted by atomic mass is 10.0. The van der Waals surface area contributed by atoms with E-state index in [0.717, 1.165) is 0 Å². The largest absolute Gasteiger partial charge is 0.450 e. The van der Waals surface area contributed by atoms with Crippen molar-refractivity contribution in [1.29, 1.82) is 0 Å². The van der Waals surface area contributed by atoms with Gasteiger partial charge in [-0.05, 0) is 25.8 Å². The first-order valence-electron chi connectivity index (χ1n) is 9.00. The van der Waals surface area contributed by atoms with Crippen LogP contribution < -0.4 is 10.6 Å². The first kappa shape index (κ1) is 20.6. The van der Waals surface area contributed by atoms with Gasteiger partial charge < -0.3 is 25.0 Å². The van der Waals surface area contributed by atoms with Crippen LogP contribution in [0.5, 0.6) is 0 Å². The minimum absolute atomic E-state index is 0.0395. The summed E-state index contributed by atoms with van der Waals surface area (Å²) in [4.78, 5) is 41.8. The van der Waals surface area contributed by atoms with E-state index in [1.54, 1.807) is 18.9 Å². The van der Waals surface area contributed by atoms with E-state index < -0.39 is 0 Å². The summed E-state index contributed by atoms with van der Waals surface area (Å²) < 4.78 is 9.87. The van der Waals surface area contributed by atoms with Crippen molar-refractivity contribution in [3.05, 3.63) is 29.6 Å². The van der Waals surface area contributed by atoms with E-state index in [4.69, 9.17) is 9.47 Å². The molecular formula is C18H26N4O5. The van der Waals surface area contributed by atoms with Crippen LogP contribution in [0.4, 0.5) is 4.79 Å². The third-order valence-electron chi connectivity index (χ3n) is 4.21. The lowest BCUT2D eigenvalue weighted by Crippen LogP contribution is -2.46. The van der Waals surface area contributed by atoms with E-state index in [0.29, 0.717) is 56.8 Å². The molecule has 2 N–H and O–H groups in total. The summed E-state index contributed by atoms with van der Waals surface area (Å²) in [7, 11) is 1.55. The monoisotopic (exact) mass is 378 g/mol. The SMILES string of the molecule is CCOC(=O)N1CCC(NC(=O)c2cncc(C(=O)NCCOC)c2)CC1. The molecule has 0 aromatic carbocycles. The molecule has 1 aliphatic heterocycles. The number of carbonyl (C=O) groups excluding carboxylic acids is 3. The van der Waals surface area contributed by atoms with Gasteiger partial charge in [0.2, 0.25) is 0 Å². The highest BCUT2D eigenvalue weighted by molar-refractivity contribution is 5.99. The van der Waals surface area contributed by atoms with Crippen molar-refractivity contribution in [3.63, 3.8) is 0 Å². The number of methoxy groups -OCH3 is 1. The molecule has 0 unspecified atom stereocenters. The Morgan fingerprint density at radius 1 is 1.19 bits per heavy atom. The van der Waals surface area contributed by atoms with Crippen LogP contribution >= 0.6 is 0 Å². The summed E-state index contributed by atoms with van der Waals surface area (Å²) in [5, 5.41) is 5.62. The third-order valence-corrected chi connectivity index (χ3v) is 4.21. The number of amides is 3. The Kier molecular flexibility index (Phi) is 8.00. The number of hydrogen-bond acceptors (Lipinski definition) is 6. The number of likely N-dealkylation sites (tertiary alicyclic amines) is 1. The van der Waals surface area contributed by atoms with Crippen LogP contribution in [0, 0.1) is 0 Å². The zero-order chi connectivity index (χ0) is 19.6. The van der Waals surface area contributed by atoms with E-state index >= 15 is 0 Å². The summed E-state index contributed by atoms with van der Waals surface area (Å²) in [5.74, 6) is -0.597. The summed E-state index contributed by atoms with van der Waals surface area (Å²) in [6, 6.07) is 1.47. The zero-order valence-corrected chi connectivity index (χ0v) is 15.7. The average Bonchev–Trinajstić information content (AvgIpc) is 2.69. The molecule has 1 fully saturated rings. The van der Waals surface area contributed by atoms with Crippen LogP contribution in [0.2, 0.25) is 0 Å². The second kappa shape index (κ2) is 10.5. The maximum Gasteiger partial charge on any atom is 0.409 e. The highest BCUT2D eigenvalue weighted by Gasteiger charge is 2.25. The maximum absolute atomic E-state index is 12.5. The zero-order valence-electron chi connectivity index (χ0n) is 15.7. The summed E-state index contributed by atoms with van der Waals surface area (Å²) in [6.45, 7) is 3.96. The molecular weight excluding hydrogens is 352 g/mol. The molecule has 148 valence electrons. The molecule has 3 amide bonds. The van der Waals surface area contributed by atoms with Gasteiger partial charge in [-0.25, -0.2) is 4.79 Å². The van der Waals surface area contributed by atoms with Gasteiger partial charge in [0.25, 0.3) is 11.8 Å². The van der Waals surface area contributed by atoms with Crippen LogP contribution in [0.25, 0.3) is 0 Å². The van der Waals surface area contributed by atoms with Crippen molar-refractivity contribution in [1.82, 2.24) is 20.5 Å². The molecule has 1 saturated heterocycles. The van der Waals surface area contributed by atoms with Gasteiger partial charge in [-0.2, -0.15) is 0 Å². The number of carbonyl (C=O) groups is 3. The third kappa shape index (κ3) is 6.21. The topological polar surface area (TPSA) is 110 Å². The number of nitrogens with zero attached hydrogens (tertiary/aromatic N) is 2. The van der Waals surface area contributed by atoms with Crippen LogP contribution in [-0.4, -0.2) is 73.8 Å². The van der Waals surface area contributed by atoms with E-state index in [1.165, 1.54) is 18.5 Å². The minimum Gasteiger partial charge on any atom is -0.450 e. The highest BCUT2D eigenvalue weighted by atomic mass is 16.6. The van der Waals surface area contributed by atoms with Crippen molar-refractivity contribution in [2.75, 3.05) is 40.0 Å². The van der Waals surface area contributed by atoms with E-state index in [-0.39, 0.29) is 23.9 Å². The quantitative estimate of drug-likeness (QED) is 0.680.